The number of rotatable bonds is 7. The van der Waals surface area contributed by atoms with Crippen molar-refractivity contribution in [2.24, 2.45) is 5.73 Å². The van der Waals surface area contributed by atoms with Crippen molar-refractivity contribution in [3.05, 3.63) is 0 Å². The highest BCUT2D eigenvalue weighted by atomic mass is 16.3. The van der Waals surface area contributed by atoms with Crippen LogP contribution in [0.25, 0.3) is 0 Å². The Morgan fingerprint density at radius 2 is 2.14 bits per heavy atom. The smallest absolute Gasteiger partial charge is 0.247 e. The van der Waals surface area contributed by atoms with E-state index < -0.39 is 12.0 Å². The van der Waals surface area contributed by atoms with Gasteiger partial charge in [0.25, 0.3) is 0 Å². The second kappa shape index (κ2) is 7.28. The highest BCUT2D eigenvalue weighted by Gasteiger charge is 2.08. The second-order valence-electron chi connectivity index (χ2n) is 2.90. The van der Waals surface area contributed by atoms with E-state index in [9.17, 15) is 9.59 Å². The monoisotopic (exact) mass is 203 g/mol. The standard InChI is InChI=1S/C8H17N3O3/c1-10-7(13)3-2-4-11-5-6(12)8(9)14/h6,11-12H,2-5H2,1H3,(H2,9,14)(H,10,13). The zero-order valence-corrected chi connectivity index (χ0v) is 8.25. The van der Waals surface area contributed by atoms with Crippen LogP contribution in [0.3, 0.4) is 0 Å². The maximum Gasteiger partial charge on any atom is 0.247 e. The van der Waals surface area contributed by atoms with Gasteiger partial charge in [0.2, 0.25) is 11.8 Å². The predicted molar refractivity (Wildman–Crippen MR) is 51.4 cm³/mol. The Bertz CT molecular complexity index is 196. The minimum atomic E-state index is -1.16. The highest BCUT2D eigenvalue weighted by molar-refractivity contribution is 5.78. The van der Waals surface area contributed by atoms with Gasteiger partial charge in [-0.05, 0) is 13.0 Å². The summed E-state index contributed by atoms with van der Waals surface area (Å²) in [4.78, 5) is 21.1. The van der Waals surface area contributed by atoms with Gasteiger partial charge in [-0.15, -0.1) is 0 Å². The molecule has 1 atom stereocenters. The van der Waals surface area contributed by atoms with Crippen LogP contribution in [0.2, 0.25) is 0 Å². The van der Waals surface area contributed by atoms with Crippen LogP contribution < -0.4 is 16.4 Å². The molecule has 0 heterocycles. The van der Waals surface area contributed by atoms with E-state index in [0.717, 1.165) is 0 Å². The van der Waals surface area contributed by atoms with Crippen LogP contribution in [0, 0.1) is 0 Å². The molecule has 0 fully saturated rings. The Morgan fingerprint density at radius 3 is 2.64 bits per heavy atom. The summed E-state index contributed by atoms with van der Waals surface area (Å²) in [7, 11) is 1.58. The number of nitrogens with one attached hydrogen (secondary N) is 2. The van der Waals surface area contributed by atoms with E-state index in [2.05, 4.69) is 10.6 Å². The van der Waals surface area contributed by atoms with Gasteiger partial charge in [-0.25, -0.2) is 0 Å². The van der Waals surface area contributed by atoms with Gasteiger partial charge >= 0.3 is 0 Å². The van der Waals surface area contributed by atoms with E-state index >= 15 is 0 Å². The molecule has 0 bridgehead atoms. The summed E-state index contributed by atoms with van der Waals surface area (Å²) in [5.41, 5.74) is 4.83. The van der Waals surface area contributed by atoms with Gasteiger partial charge in [0.05, 0.1) is 0 Å². The van der Waals surface area contributed by atoms with Crippen molar-refractivity contribution in [3.8, 4) is 0 Å². The topological polar surface area (TPSA) is 104 Å². The molecule has 0 aliphatic carbocycles. The molecular weight excluding hydrogens is 186 g/mol. The molecule has 82 valence electrons. The highest BCUT2D eigenvalue weighted by Crippen LogP contribution is 1.86. The van der Waals surface area contributed by atoms with Gasteiger partial charge in [-0.2, -0.15) is 0 Å². The molecule has 5 N–H and O–H groups in total. The molecule has 6 heteroatoms. The Morgan fingerprint density at radius 1 is 1.50 bits per heavy atom. The molecule has 0 aromatic rings. The van der Waals surface area contributed by atoms with Crippen molar-refractivity contribution >= 4 is 11.8 Å². The van der Waals surface area contributed by atoms with Gasteiger partial charge in [-0.3, -0.25) is 9.59 Å². The van der Waals surface area contributed by atoms with E-state index in [4.69, 9.17) is 10.8 Å². The molecule has 0 saturated heterocycles. The zero-order chi connectivity index (χ0) is 11.0. The van der Waals surface area contributed by atoms with Crippen molar-refractivity contribution in [2.75, 3.05) is 20.1 Å². The molecule has 0 aliphatic rings. The molecular formula is C8H17N3O3. The molecule has 0 spiro atoms. The van der Waals surface area contributed by atoms with Crippen LogP contribution in [0.1, 0.15) is 12.8 Å². The Labute approximate surface area is 82.9 Å². The molecule has 14 heavy (non-hydrogen) atoms. The number of carbonyl (C=O) groups excluding carboxylic acids is 2. The number of hydrogen-bond acceptors (Lipinski definition) is 4. The van der Waals surface area contributed by atoms with E-state index in [-0.39, 0.29) is 12.5 Å². The molecule has 2 amide bonds. The Kier molecular flexibility index (Phi) is 6.69. The molecule has 1 unspecified atom stereocenters. The Balaban J connectivity index is 3.30. The minimum absolute atomic E-state index is 0.0257. The van der Waals surface area contributed by atoms with Crippen LogP contribution in [-0.2, 0) is 9.59 Å². The Hall–Kier alpha value is -1.14. The van der Waals surface area contributed by atoms with Crippen molar-refractivity contribution in [2.45, 2.75) is 18.9 Å². The molecule has 0 rings (SSSR count). The molecule has 0 aromatic heterocycles. The normalized spacial score (nSPS) is 12.1. The fourth-order valence-electron chi connectivity index (χ4n) is 0.838. The van der Waals surface area contributed by atoms with Crippen LogP contribution >= 0.6 is 0 Å². The van der Waals surface area contributed by atoms with Crippen molar-refractivity contribution in [3.63, 3.8) is 0 Å². The molecule has 0 saturated carbocycles. The van der Waals surface area contributed by atoms with Crippen molar-refractivity contribution in [1.29, 1.82) is 0 Å². The zero-order valence-electron chi connectivity index (χ0n) is 8.25. The lowest BCUT2D eigenvalue weighted by Crippen LogP contribution is -2.38. The summed E-state index contributed by atoms with van der Waals surface area (Å²) in [5.74, 6) is -0.772. The van der Waals surface area contributed by atoms with Crippen molar-refractivity contribution in [1.82, 2.24) is 10.6 Å². The lowest BCUT2D eigenvalue weighted by molar-refractivity contribution is -0.125. The number of aliphatic hydroxyl groups is 1. The number of hydrogen-bond donors (Lipinski definition) is 4. The summed E-state index contributed by atoms with van der Waals surface area (Å²) in [6.45, 7) is 0.695. The lowest BCUT2D eigenvalue weighted by atomic mass is 10.3. The quantitative estimate of drug-likeness (QED) is 0.357. The van der Waals surface area contributed by atoms with E-state index in [1.807, 2.05) is 0 Å². The van der Waals surface area contributed by atoms with Crippen molar-refractivity contribution < 1.29 is 14.7 Å². The van der Waals surface area contributed by atoms with Gasteiger partial charge < -0.3 is 21.5 Å². The third kappa shape index (κ3) is 6.38. The van der Waals surface area contributed by atoms with E-state index in [1.54, 1.807) is 7.05 Å². The number of primary amides is 1. The fourth-order valence-corrected chi connectivity index (χ4v) is 0.838. The largest absolute Gasteiger partial charge is 0.382 e. The first-order chi connectivity index (χ1) is 6.57. The third-order valence-electron chi connectivity index (χ3n) is 1.70. The van der Waals surface area contributed by atoms with Crippen LogP contribution in [-0.4, -0.2) is 43.2 Å². The first-order valence-corrected chi connectivity index (χ1v) is 4.46. The summed E-state index contributed by atoms with van der Waals surface area (Å²) in [5, 5.41) is 14.3. The molecule has 0 aromatic carbocycles. The number of nitrogens with two attached hydrogens (primary N) is 1. The number of amides is 2. The molecule has 0 radical (unpaired) electrons. The average molecular weight is 203 g/mol. The minimum Gasteiger partial charge on any atom is -0.382 e. The van der Waals surface area contributed by atoms with Crippen LogP contribution in [0.15, 0.2) is 0 Å². The van der Waals surface area contributed by atoms with Crippen LogP contribution in [0.4, 0.5) is 0 Å². The van der Waals surface area contributed by atoms with Gasteiger partial charge in [0.1, 0.15) is 6.10 Å². The third-order valence-corrected chi connectivity index (χ3v) is 1.70. The second-order valence-corrected chi connectivity index (χ2v) is 2.90. The van der Waals surface area contributed by atoms with Gasteiger partial charge in [0.15, 0.2) is 0 Å². The lowest BCUT2D eigenvalue weighted by Gasteiger charge is -2.07. The van der Waals surface area contributed by atoms with Gasteiger partial charge in [-0.1, -0.05) is 0 Å². The first kappa shape index (κ1) is 12.9. The van der Waals surface area contributed by atoms with Gasteiger partial charge in [0, 0.05) is 20.0 Å². The maximum absolute atomic E-state index is 10.8. The summed E-state index contributed by atoms with van der Waals surface area (Å²) < 4.78 is 0. The summed E-state index contributed by atoms with van der Waals surface area (Å²) in [6.07, 6.45) is -0.0728. The fraction of sp³-hybridized carbons (Fsp3) is 0.750. The average Bonchev–Trinajstić information content (AvgIpc) is 2.16. The van der Waals surface area contributed by atoms with E-state index in [0.29, 0.717) is 19.4 Å². The predicted octanol–water partition coefficient (Wildman–Crippen LogP) is -2.05. The number of aliphatic hydroxyl groups excluding tert-OH is 1. The first-order valence-electron chi connectivity index (χ1n) is 4.46. The molecule has 6 nitrogen and oxygen atoms in total. The molecule has 0 aliphatic heterocycles. The maximum atomic E-state index is 10.8. The SMILES string of the molecule is CNC(=O)CCCNCC(O)C(N)=O. The number of carbonyl (C=O) groups is 2. The summed E-state index contributed by atoms with van der Waals surface area (Å²) in [6, 6.07) is 0. The van der Waals surface area contributed by atoms with E-state index in [1.165, 1.54) is 0 Å². The van der Waals surface area contributed by atoms with Crippen LogP contribution in [0.5, 0.6) is 0 Å². The summed E-state index contributed by atoms with van der Waals surface area (Å²) >= 11 is 0.